The van der Waals surface area contributed by atoms with E-state index in [0.29, 0.717) is 47.2 Å². The second-order valence-electron chi connectivity index (χ2n) is 14.4. The van der Waals surface area contributed by atoms with Crippen molar-refractivity contribution < 1.29 is 19.2 Å². The number of rotatable bonds is 12. The predicted molar refractivity (Wildman–Crippen MR) is 191 cm³/mol. The van der Waals surface area contributed by atoms with Gasteiger partial charge in [0.15, 0.2) is 0 Å². The Balaban J connectivity index is 1.16. The van der Waals surface area contributed by atoms with Crippen LogP contribution < -0.4 is 0 Å². The van der Waals surface area contributed by atoms with E-state index in [1.54, 1.807) is 0 Å². The number of nitrogens with zero attached hydrogens (tertiary/aromatic N) is 2. The fourth-order valence-corrected chi connectivity index (χ4v) is 8.11. The molecule has 4 aromatic rings. The minimum absolute atomic E-state index is 0.174. The van der Waals surface area contributed by atoms with Gasteiger partial charge in [-0.25, -0.2) is 0 Å². The van der Waals surface area contributed by atoms with E-state index < -0.39 is 0 Å². The molecule has 248 valence electrons. The molecule has 0 unspecified atom stereocenters. The van der Waals surface area contributed by atoms with Gasteiger partial charge in [-0.05, 0) is 106 Å². The molecule has 2 aliphatic heterocycles. The minimum atomic E-state index is -0.174. The van der Waals surface area contributed by atoms with Crippen LogP contribution in [0.3, 0.4) is 0 Å². The molecule has 0 saturated carbocycles. The number of fused-ring (bicyclic) bond motifs is 6. The standard InChI is InChI=1S/C42H46N2O4/c1-5-9-11-25(7-3)23-43-39(45)35-19-31-15-27-13-29-17-33-21-37-38(42(48)44(41(37)47)24-26(8-4)12-10-6-2)22-34(33)18-30(29)14-28(27)16-32(31)20-36(35)40(43)46/h15-22,25-26H,5-14,23-24H2,1-4H3/t25-,26+. The van der Waals surface area contributed by atoms with Crippen LogP contribution >= 0.6 is 0 Å². The number of carbonyl (C=O) groups is 4. The van der Waals surface area contributed by atoms with E-state index in [4.69, 9.17) is 0 Å². The van der Waals surface area contributed by atoms with Crippen molar-refractivity contribution in [1.29, 1.82) is 0 Å². The molecule has 7 rings (SSSR count). The number of imide groups is 2. The van der Waals surface area contributed by atoms with Crippen LogP contribution in [0.1, 0.15) is 143 Å². The third kappa shape index (κ3) is 5.53. The largest absolute Gasteiger partial charge is 0.274 e. The van der Waals surface area contributed by atoms with E-state index in [0.717, 1.165) is 85.8 Å². The molecule has 0 saturated heterocycles. The van der Waals surface area contributed by atoms with Gasteiger partial charge in [0.1, 0.15) is 0 Å². The molecule has 1 aliphatic carbocycles. The van der Waals surface area contributed by atoms with Gasteiger partial charge in [0.2, 0.25) is 0 Å². The number of amides is 4. The first kappa shape index (κ1) is 32.2. The van der Waals surface area contributed by atoms with Crippen LogP contribution in [0, 0.1) is 11.8 Å². The molecular formula is C42H46N2O4. The highest BCUT2D eigenvalue weighted by Gasteiger charge is 2.38. The molecule has 3 aliphatic rings. The van der Waals surface area contributed by atoms with Crippen LogP contribution in [0.4, 0.5) is 0 Å². The number of hydrogen-bond donors (Lipinski definition) is 0. The number of benzene rings is 4. The van der Waals surface area contributed by atoms with Crippen molar-refractivity contribution in [2.45, 2.75) is 91.9 Å². The van der Waals surface area contributed by atoms with Gasteiger partial charge in [-0.3, -0.25) is 29.0 Å². The molecule has 0 fully saturated rings. The third-order valence-corrected chi connectivity index (χ3v) is 11.2. The van der Waals surface area contributed by atoms with Crippen molar-refractivity contribution >= 4 is 45.2 Å². The number of hydrogen-bond acceptors (Lipinski definition) is 4. The second-order valence-corrected chi connectivity index (χ2v) is 14.4. The van der Waals surface area contributed by atoms with E-state index in [9.17, 15) is 19.2 Å². The Bertz CT molecular complexity index is 1730. The fourth-order valence-electron chi connectivity index (χ4n) is 8.11. The van der Waals surface area contributed by atoms with Crippen LogP contribution in [0.5, 0.6) is 0 Å². The minimum Gasteiger partial charge on any atom is -0.274 e. The first-order chi connectivity index (χ1) is 23.2. The van der Waals surface area contributed by atoms with Gasteiger partial charge in [-0.15, -0.1) is 0 Å². The molecular weight excluding hydrogens is 596 g/mol. The van der Waals surface area contributed by atoms with Crippen molar-refractivity contribution in [2.75, 3.05) is 13.1 Å². The first-order valence-electron chi connectivity index (χ1n) is 18.2. The van der Waals surface area contributed by atoms with E-state index in [2.05, 4.69) is 52.0 Å². The molecule has 0 aromatic heterocycles. The summed E-state index contributed by atoms with van der Waals surface area (Å²) in [6.07, 6.45) is 9.85. The van der Waals surface area contributed by atoms with Gasteiger partial charge in [0.25, 0.3) is 23.6 Å². The lowest BCUT2D eigenvalue weighted by Crippen LogP contribution is -2.34. The molecule has 0 N–H and O–H groups in total. The molecule has 4 amide bonds. The van der Waals surface area contributed by atoms with Gasteiger partial charge >= 0.3 is 0 Å². The average Bonchev–Trinajstić information content (AvgIpc) is 3.45. The Morgan fingerprint density at radius 2 is 0.771 bits per heavy atom. The molecule has 2 atom stereocenters. The van der Waals surface area contributed by atoms with Crippen molar-refractivity contribution in [3.8, 4) is 0 Å². The molecule has 6 heteroatoms. The van der Waals surface area contributed by atoms with Crippen LogP contribution in [-0.2, 0) is 12.8 Å². The summed E-state index contributed by atoms with van der Waals surface area (Å²) in [5, 5.41) is 3.90. The quantitative estimate of drug-likeness (QED) is 0.127. The highest BCUT2D eigenvalue weighted by atomic mass is 16.2. The lowest BCUT2D eigenvalue weighted by atomic mass is 9.82. The maximum atomic E-state index is 13.5. The predicted octanol–water partition coefficient (Wildman–Crippen LogP) is 9.11. The maximum absolute atomic E-state index is 13.5. The van der Waals surface area contributed by atoms with Crippen molar-refractivity contribution in [3.63, 3.8) is 0 Å². The summed E-state index contributed by atoms with van der Waals surface area (Å²) in [5.74, 6) is -0.0526. The smallest absolute Gasteiger partial charge is 0.261 e. The molecule has 6 nitrogen and oxygen atoms in total. The lowest BCUT2D eigenvalue weighted by Gasteiger charge is -2.21. The molecule has 48 heavy (non-hydrogen) atoms. The first-order valence-corrected chi connectivity index (χ1v) is 18.2. The summed E-state index contributed by atoms with van der Waals surface area (Å²) < 4.78 is 0. The molecule has 2 heterocycles. The Morgan fingerprint density at radius 1 is 0.479 bits per heavy atom. The fraction of sp³-hybridized carbons (Fsp3) is 0.429. The highest BCUT2D eigenvalue weighted by molar-refractivity contribution is 6.24. The van der Waals surface area contributed by atoms with E-state index in [1.165, 1.54) is 32.1 Å². The number of unbranched alkanes of at least 4 members (excludes halogenated alkanes) is 2. The summed E-state index contributed by atoms with van der Waals surface area (Å²) in [5.41, 5.74) is 6.90. The highest BCUT2D eigenvalue weighted by Crippen LogP contribution is 2.37. The van der Waals surface area contributed by atoms with Gasteiger partial charge in [0, 0.05) is 13.1 Å². The van der Waals surface area contributed by atoms with Crippen LogP contribution in [0.25, 0.3) is 21.5 Å². The van der Waals surface area contributed by atoms with Crippen LogP contribution in [0.15, 0.2) is 48.5 Å². The van der Waals surface area contributed by atoms with E-state index >= 15 is 0 Å². The summed E-state index contributed by atoms with van der Waals surface area (Å²) in [6, 6.07) is 16.4. The zero-order chi connectivity index (χ0) is 33.7. The molecule has 0 spiro atoms. The van der Waals surface area contributed by atoms with Gasteiger partial charge in [-0.2, -0.15) is 0 Å². The topological polar surface area (TPSA) is 74.8 Å². The van der Waals surface area contributed by atoms with Gasteiger partial charge < -0.3 is 0 Å². The zero-order valence-electron chi connectivity index (χ0n) is 28.8. The lowest BCUT2D eigenvalue weighted by molar-refractivity contribution is 0.0609. The zero-order valence-corrected chi connectivity index (χ0v) is 28.8. The van der Waals surface area contributed by atoms with Gasteiger partial charge in [0.05, 0.1) is 22.3 Å². The van der Waals surface area contributed by atoms with Crippen LogP contribution in [0.2, 0.25) is 0 Å². The van der Waals surface area contributed by atoms with Gasteiger partial charge in [-0.1, -0.05) is 90.5 Å². The number of carbonyl (C=O) groups excluding carboxylic acids is 4. The Kier molecular flexibility index (Phi) is 8.69. The van der Waals surface area contributed by atoms with Crippen molar-refractivity contribution in [3.05, 3.63) is 93.0 Å². The summed E-state index contributed by atoms with van der Waals surface area (Å²) in [7, 11) is 0. The molecule has 0 radical (unpaired) electrons. The second kappa shape index (κ2) is 12.9. The Morgan fingerprint density at radius 3 is 1.02 bits per heavy atom. The van der Waals surface area contributed by atoms with Crippen molar-refractivity contribution in [1.82, 2.24) is 9.80 Å². The monoisotopic (exact) mass is 642 g/mol. The Labute approximate surface area is 283 Å². The molecule has 0 bridgehead atoms. The average molecular weight is 643 g/mol. The van der Waals surface area contributed by atoms with Crippen molar-refractivity contribution in [2.24, 2.45) is 11.8 Å². The summed E-state index contributed by atoms with van der Waals surface area (Å²) in [6.45, 7) is 9.57. The van der Waals surface area contributed by atoms with E-state index in [1.807, 2.05) is 24.3 Å². The normalized spacial score (nSPS) is 16.5. The SMILES string of the molecule is CCCC[C@@H](CC)CN1C(=O)c2cc3cc4c(cc3cc2C1=O)Cc1cc2cc3c(cc2cc1C4)C(=O)N(C[C@@H](CC)CCCC)C3=O. The summed E-state index contributed by atoms with van der Waals surface area (Å²) >= 11 is 0. The third-order valence-electron chi connectivity index (χ3n) is 11.2. The Hall–Kier alpha value is -4.32. The summed E-state index contributed by atoms with van der Waals surface area (Å²) in [4.78, 5) is 56.8. The molecule has 4 aromatic carbocycles. The van der Waals surface area contributed by atoms with E-state index in [-0.39, 0.29) is 23.6 Å². The van der Waals surface area contributed by atoms with Crippen LogP contribution in [-0.4, -0.2) is 46.5 Å². The maximum Gasteiger partial charge on any atom is 0.261 e.